The third kappa shape index (κ3) is 5.14. The van der Waals surface area contributed by atoms with Gasteiger partial charge in [0.1, 0.15) is 11.6 Å². The summed E-state index contributed by atoms with van der Waals surface area (Å²) in [6.45, 7) is 4.87. The maximum atomic E-state index is 12.6. The predicted octanol–water partition coefficient (Wildman–Crippen LogP) is 3.01. The standard InChI is InChI=1S/C18H21Cl2N3O4/c1-4-22(10-12-6-7-14(27-5-2)15(8-12)26-3)16(24)11-23-18(25)17(20)13(19)9-21-23/h6-9H,4-5,10-11H2,1-3H3. The van der Waals surface area contributed by atoms with Crippen LogP contribution in [0.3, 0.4) is 0 Å². The van der Waals surface area contributed by atoms with Gasteiger partial charge in [0.05, 0.1) is 24.9 Å². The van der Waals surface area contributed by atoms with Crippen molar-refractivity contribution >= 4 is 29.1 Å². The molecule has 9 heteroatoms. The SMILES string of the molecule is CCOc1ccc(CN(CC)C(=O)Cn2ncc(Cl)c(Cl)c2=O)cc1OC. The Morgan fingerprint density at radius 2 is 2.00 bits per heavy atom. The second kappa shape index (κ2) is 9.62. The van der Waals surface area contributed by atoms with Gasteiger partial charge in [-0.1, -0.05) is 29.3 Å². The molecule has 0 spiro atoms. The summed E-state index contributed by atoms with van der Waals surface area (Å²) in [5.41, 5.74) is 0.274. The summed E-state index contributed by atoms with van der Waals surface area (Å²) in [6, 6.07) is 5.50. The molecule has 2 aromatic rings. The van der Waals surface area contributed by atoms with Gasteiger partial charge in [0.2, 0.25) is 5.91 Å². The van der Waals surface area contributed by atoms with E-state index in [1.54, 1.807) is 18.1 Å². The number of halogens is 2. The van der Waals surface area contributed by atoms with Crippen LogP contribution in [0.1, 0.15) is 19.4 Å². The van der Waals surface area contributed by atoms with E-state index >= 15 is 0 Å². The number of likely N-dealkylation sites (N-methyl/N-ethyl adjacent to an activating group) is 1. The van der Waals surface area contributed by atoms with Gasteiger partial charge in [-0.15, -0.1) is 0 Å². The van der Waals surface area contributed by atoms with Gasteiger partial charge in [-0.3, -0.25) is 9.59 Å². The number of carbonyl (C=O) groups is 1. The maximum Gasteiger partial charge on any atom is 0.287 e. The Morgan fingerprint density at radius 3 is 2.63 bits per heavy atom. The Balaban J connectivity index is 2.16. The normalized spacial score (nSPS) is 10.6. The van der Waals surface area contributed by atoms with Crippen LogP contribution in [-0.2, 0) is 17.9 Å². The first-order valence-electron chi connectivity index (χ1n) is 8.39. The lowest BCUT2D eigenvalue weighted by molar-refractivity contribution is -0.132. The molecular formula is C18H21Cl2N3O4. The van der Waals surface area contributed by atoms with Crippen LogP contribution in [0, 0.1) is 0 Å². The second-order valence-corrected chi connectivity index (χ2v) is 6.38. The van der Waals surface area contributed by atoms with Crippen molar-refractivity contribution < 1.29 is 14.3 Å². The number of rotatable bonds is 8. The molecular weight excluding hydrogens is 393 g/mol. The van der Waals surface area contributed by atoms with E-state index in [1.807, 2.05) is 26.0 Å². The molecule has 0 aliphatic heterocycles. The van der Waals surface area contributed by atoms with E-state index in [0.717, 1.165) is 10.2 Å². The Bertz CT molecular complexity index is 870. The number of ether oxygens (including phenoxy) is 2. The maximum absolute atomic E-state index is 12.6. The van der Waals surface area contributed by atoms with E-state index < -0.39 is 5.56 Å². The summed E-state index contributed by atoms with van der Waals surface area (Å²) in [6.07, 6.45) is 1.24. The smallest absolute Gasteiger partial charge is 0.287 e. The highest BCUT2D eigenvalue weighted by Gasteiger charge is 2.17. The fourth-order valence-electron chi connectivity index (χ4n) is 2.47. The molecule has 0 saturated carbocycles. The highest BCUT2D eigenvalue weighted by molar-refractivity contribution is 6.41. The fourth-order valence-corrected chi connectivity index (χ4v) is 2.74. The average molecular weight is 414 g/mol. The summed E-state index contributed by atoms with van der Waals surface area (Å²) >= 11 is 11.6. The summed E-state index contributed by atoms with van der Waals surface area (Å²) in [4.78, 5) is 26.3. The fraction of sp³-hybridized carbons (Fsp3) is 0.389. The van der Waals surface area contributed by atoms with Crippen molar-refractivity contribution in [3.05, 3.63) is 50.4 Å². The molecule has 146 valence electrons. The molecule has 0 aliphatic rings. The molecule has 1 aromatic heterocycles. The van der Waals surface area contributed by atoms with Gasteiger partial charge in [0.25, 0.3) is 5.56 Å². The largest absolute Gasteiger partial charge is 0.493 e. The van der Waals surface area contributed by atoms with Crippen molar-refractivity contribution in [3.63, 3.8) is 0 Å². The van der Waals surface area contributed by atoms with Crippen LogP contribution in [0.15, 0.2) is 29.2 Å². The monoisotopic (exact) mass is 413 g/mol. The minimum atomic E-state index is -0.601. The lowest BCUT2D eigenvalue weighted by atomic mass is 10.2. The second-order valence-electron chi connectivity index (χ2n) is 5.60. The lowest BCUT2D eigenvalue weighted by Crippen LogP contribution is -2.37. The molecule has 0 bridgehead atoms. The molecule has 0 atom stereocenters. The molecule has 2 rings (SSSR count). The number of amides is 1. The van der Waals surface area contributed by atoms with Crippen molar-refractivity contribution in [1.82, 2.24) is 14.7 Å². The minimum absolute atomic E-state index is 0.0548. The Labute approximate surface area is 167 Å². The number of nitrogens with zero attached hydrogens (tertiary/aromatic N) is 3. The zero-order chi connectivity index (χ0) is 20.0. The van der Waals surface area contributed by atoms with Crippen molar-refractivity contribution in [1.29, 1.82) is 0 Å². The number of methoxy groups -OCH3 is 1. The van der Waals surface area contributed by atoms with Crippen LogP contribution in [0.25, 0.3) is 0 Å². The molecule has 0 fully saturated rings. The van der Waals surface area contributed by atoms with E-state index in [1.165, 1.54) is 6.20 Å². The third-order valence-corrected chi connectivity index (χ3v) is 4.61. The molecule has 0 radical (unpaired) electrons. The topological polar surface area (TPSA) is 73.7 Å². The van der Waals surface area contributed by atoms with E-state index in [4.69, 9.17) is 32.7 Å². The van der Waals surface area contributed by atoms with Gasteiger partial charge in [0, 0.05) is 13.1 Å². The first-order valence-corrected chi connectivity index (χ1v) is 9.15. The van der Waals surface area contributed by atoms with Crippen molar-refractivity contribution in [2.24, 2.45) is 0 Å². The number of carbonyl (C=O) groups excluding carboxylic acids is 1. The van der Waals surface area contributed by atoms with E-state index in [-0.39, 0.29) is 22.5 Å². The predicted molar refractivity (Wildman–Crippen MR) is 104 cm³/mol. The Hall–Kier alpha value is -2.25. The average Bonchev–Trinajstić information content (AvgIpc) is 2.67. The first-order chi connectivity index (χ1) is 12.9. The highest BCUT2D eigenvalue weighted by Crippen LogP contribution is 2.28. The number of aromatic nitrogens is 2. The van der Waals surface area contributed by atoms with Crippen molar-refractivity contribution in [2.75, 3.05) is 20.3 Å². The molecule has 0 unspecified atom stereocenters. The van der Waals surface area contributed by atoms with Crippen LogP contribution in [-0.4, -0.2) is 40.8 Å². The van der Waals surface area contributed by atoms with E-state index in [2.05, 4.69) is 5.10 Å². The number of hydrogen-bond acceptors (Lipinski definition) is 5. The number of hydrogen-bond donors (Lipinski definition) is 0. The molecule has 1 aromatic carbocycles. The molecule has 0 saturated heterocycles. The molecule has 7 nitrogen and oxygen atoms in total. The first kappa shape index (κ1) is 21.1. The molecule has 0 aliphatic carbocycles. The van der Waals surface area contributed by atoms with Crippen molar-refractivity contribution in [2.45, 2.75) is 26.9 Å². The molecule has 1 amide bonds. The van der Waals surface area contributed by atoms with Crippen LogP contribution < -0.4 is 15.0 Å². The number of benzene rings is 1. The van der Waals surface area contributed by atoms with Crippen molar-refractivity contribution in [3.8, 4) is 11.5 Å². The Morgan fingerprint density at radius 1 is 1.26 bits per heavy atom. The van der Waals surface area contributed by atoms with Gasteiger partial charge in [-0.05, 0) is 31.5 Å². The van der Waals surface area contributed by atoms with Gasteiger partial charge < -0.3 is 14.4 Å². The van der Waals surface area contributed by atoms with Gasteiger partial charge in [-0.2, -0.15) is 5.10 Å². The Kier molecular flexibility index (Phi) is 7.50. The van der Waals surface area contributed by atoms with Crippen LogP contribution in [0.4, 0.5) is 0 Å². The van der Waals surface area contributed by atoms with Crippen LogP contribution in [0.2, 0.25) is 10.0 Å². The zero-order valence-corrected chi connectivity index (χ0v) is 16.9. The lowest BCUT2D eigenvalue weighted by Gasteiger charge is -2.22. The minimum Gasteiger partial charge on any atom is -0.493 e. The summed E-state index contributed by atoms with van der Waals surface area (Å²) in [5.74, 6) is 0.975. The third-order valence-electron chi connectivity index (χ3n) is 3.86. The molecule has 1 heterocycles. The zero-order valence-electron chi connectivity index (χ0n) is 15.4. The van der Waals surface area contributed by atoms with Crippen LogP contribution >= 0.6 is 23.2 Å². The van der Waals surface area contributed by atoms with E-state index in [9.17, 15) is 9.59 Å². The van der Waals surface area contributed by atoms with Gasteiger partial charge >= 0.3 is 0 Å². The summed E-state index contributed by atoms with van der Waals surface area (Å²) < 4.78 is 11.8. The highest BCUT2D eigenvalue weighted by atomic mass is 35.5. The van der Waals surface area contributed by atoms with Crippen LogP contribution in [0.5, 0.6) is 11.5 Å². The van der Waals surface area contributed by atoms with Gasteiger partial charge in [-0.25, -0.2) is 4.68 Å². The molecule has 0 N–H and O–H groups in total. The van der Waals surface area contributed by atoms with E-state index in [0.29, 0.717) is 31.2 Å². The molecule has 27 heavy (non-hydrogen) atoms. The quantitative estimate of drug-likeness (QED) is 0.664. The summed E-state index contributed by atoms with van der Waals surface area (Å²) in [7, 11) is 1.56. The summed E-state index contributed by atoms with van der Waals surface area (Å²) in [5, 5.41) is 3.77. The van der Waals surface area contributed by atoms with Gasteiger partial charge in [0.15, 0.2) is 11.5 Å².